The second-order valence-corrected chi connectivity index (χ2v) is 3.66. The van der Waals surface area contributed by atoms with Crippen molar-refractivity contribution in [2.24, 2.45) is 0 Å². The van der Waals surface area contributed by atoms with E-state index < -0.39 is 0 Å². The Labute approximate surface area is 96.4 Å². The molecule has 2 aromatic heterocycles. The van der Waals surface area contributed by atoms with Crippen molar-refractivity contribution in [1.29, 1.82) is 0 Å². The number of fused-ring (bicyclic) bond motifs is 1. The molecule has 0 aliphatic heterocycles. The van der Waals surface area contributed by atoms with Gasteiger partial charge in [0.25, 0.3) is 0 Å². The molecule has 2 N–H and O–H groups in total. The summed E-state index contributed by atoms with van der Waals surface area (Å²) in [6.07, 6.45) is 0. The molecular formula is C9H10ClN5O. The van der Waals surface area contributed by atoms with Gasteiger partial charge in [0.1, 0.15) is 5.88 Å². The minimum atomic E-state index is -0.302. The van der Waals surface area contributed by atoms with E-state index in [1.54, 1.807) is 0 Å². The van der Waals surface area contributed by atoms with Crippen molar-refractivity contribution < 1.29 is 4.79 Å². The first-order chi connectivity index (χ1) is 7.63. The van der Waals surface area contributed by atoms with E-state index in [0.717, 1.165) is 16.6 Å². The fourth-order valence-corrected chi connectivity index (χ4v) is 1.46. The van der Waals surface area contributed by atoms with Gasteiger partial charge in [0.05, 0.1) is 11.1 Å². The van der Waals surface area contributed by atoms with Crippen LogP contribution in [-0.2, 0) is 4.79 Å². The number of nitrogens with zero attached hydrogens (tertiary/aromatic N) is 3. The van der Waals surface area contributed by atoms with E-state index in [2.05, 4.69) is 25.7 Å². The van der Waals surface area contributed by atoms with Crippen molar-refractivity contribution in [2.45, 2.75) is 13.8 Å². The summed E-state index contributed by atoms with van der Waals surface area (Å²) in [6.45, 7) is 3.75. The average molecular weight is 240 g/mol. The molecule has 6 nitrogen and oxygen atoms in total. The monoisotopic (exact) mass is 239 g/mol. The molecule has 2 rings (SSSR count). The number of carbonyl (C=O) groups excluding carboxylic acids is 1. The van der Waals surface area contributed by atoms with Gasteiger partial charge in [-0.1, -0.05) is 0 Å². The van der Waals surface area contributed by atoms with Crippen LogP contribution in [0, 0.1) is 13.8 Å². The Kier molecular flexibility index (Phi) is 2.74. The number of aromatic nitrogens is 4. The Morgan fingerprint density at radius 3 is 2.88 bits per heavy atom. The molecule has 0 radical (unpaired) electrons. The zero-order chi connectivity index (χ0) is 11.7. The normalized spacial score (nSPS) is 10.7. The second-order valence-electron chi connectivity index (χ2n) is 3.39. The van der Waals surface area contributed by atoms with Gasteiger partial charge in [-0.15, -0.1) is 16.7 Å². The molecule has 2 aromatic rings. The first kappa shape index (κ1) is 10.8. The third-order valence-electron chi connectivity index (χ3n) is 2.34. The predicted molar refractivity (Wildman–Crippen MR) is 60.5 cm³/mol. The van der Waals surface area contributed by atoms with E-state index in [-0.39, 0.29) is 11.8 Å². The number of H-pyrrole nitrogens is 1. The zero-order valence-electron chi connectivity index (χ0n) is 8.83. The van der Waals surface area contributed by atoms with Crippen LogP contribution in [0.5, 0.6) is 0 Å². The number of amides is 1. The lowest BCUT2D eigenvalue weighted by molar-refractivity contribution is -0.113. The van der Waals surface area contributed by atoms with Gasteiger partial charge >= 0.3 is 0 Å². The number of nitrogens with one attached hydrogen (secondary N) is 2. The Morgan fingerprint density at radius 2 is 2.19 bits per heavy atom. The fraction of sp³-hybridized carbons (Fsp3) is 0.333. The summed E-state index contributed by atoms with van der Waals surface area (Å²) in [5.41, 5.74) is 2.28. The highest BCUT2D eigenvalue weighted by Crippen LogP contribution is 2.23. The molecule has 16 heavy (non-hydrogen) atoms. The first-order valence-electron chi connectivity index (χ1n) is 4.67. The number of rotatable bonds is 2. The van der Waals surface area contributed by atoms with Crippen LogP contribution in [0.2, 0.25) is 0 Å². The molecule has 0 aliphatic rings. The van der Waals surface area contributed by atoms with Crippen molar-refractivity contribution in [3.63, 3.8) is 0 Å². The number of aromatic amines is 1. The SMILES string of the molecule is Cc1nnc2[nH]nc(NC(=O)CCl)c2c1C. The van der Waals surface area contributed by atoms with Crippen LogP contribution in [-0.4, -0.2) is 32.2 Å². The van der Waals surface area contributed by atoms with Gasteiger partial charge in [-0.25, -0.2) is 0 Å². The number of halogens is 1. The minimum absolute atomic E-state index is 0.106. The number of aryl methyl sites for hydroxylation is 2. The standard InChI is InChI=1S/C9H10ClN5O/c1-4-5(2)12-14-9-7(4)8(13-15-9)11-6(16)3-10/h3H2,1-2H3,(H2,11,13,14,15,16). The fourth-order valence-electron chi connectivity index (χ4n) is 1.40. The molecule has 0 saturated carbocycles. The zero-order valence-corrected chi connectivity index (χ0v) is 9.59. The molecule has 0 atom stereocenters. The van der Waals surface area contributed by atoms with Gasteiger partial charge in [-0.3, -0.25) is 9.89 Å². The Hall–Kier alpha value is -1.69. The molecule has 0 spiro atoms. The lowest BCUT2D eigenvalue weighted by Crippen LogP contribution is -2.13. The van der Waals surface area contributed by atoms with Gasteiger partial charge < -0.3 is 5.32 Å². The molecule has 0 bridgehead atoms. The van der Waals surface area contributed by atoms with Crippen molar-refractivity contribution in [1.82, 2.24) is 20.4 Å². The van der Waals surface area contributed by atoms with Crippen molar-refractivity contribution >= 4 is 34.4 Å². The van der Waals surface area contributed by atoms with Crippen LogP contribution >= 0.6 is 11.6 Å². The maximum absolute atomic E-state index is 11.2. The lowest BCUT2D eigenvalue weighted by atomic mass is 10.2. The van der Waals surface area contributed by atoms with E-state index in [1.165, 1.54) is 0 Å². The van der Waals surface area contributed by atoms with Gasteiger partial charge in [0.2, 0.25) is 5.91 Å². The lowest BCUT2D eigenvalue weighted by Gasteiger charge is -2.02. The van der Waals surface area contributed by atoms with Crippen LogP contribution in [0.15, 0.2) is 0 Å². The molecule has 2 heterocycles. The Balaban J connectivity index is 2.54. The van der Waals surface area contributed by atoms with E-state index >= 15 is 0 Å². The third-order valence-corrected chi connectivity index (χ3v) is 2.59. The summed E-state index contributed by atoms with van der Waals surface area (Å²) in [4.78, 5) is 11.2. The summed E-state index contributed by atoms with van der Waals surface area (Å²) in [5.74, 6) is 0.0327. The molecule has 1 amide bonds. The maximum Gasteiger partial charge on any atom is 0.240 e. The number of carbonyl (C=O) groups is 1. The highest BCUT2D eigenvalue weighted by molar-refractivity contribution is 6.29. The molecule has 7 heteroatoms. The first-order valence-corrected chi connectivity index (χ1v) is 5.20. The van der Waals surface area contributed by atoms with Crippen molar-refractivity contribution in [2.75, 3.05) is 11.2 Å². The van der Waals surface area contributed by atoms with Crippen LogP contribution in [0.4, 0.5) is 5.82 Å². The van der Waals surface area contributed by atoms with Crippen LogP contribution < -0.4 is 5.32 Å². The molecule has 0 unspecified atom stereocenters. The van der Waals surface area contributed by atoms with Crippen molar-refractivity contribution in [3.05, 3.63) is 11.3 Å². The third kappa shape index (κ3) is 1.71. The molecule has 0 saturated heterocycles. The molecular weight excluding hydrogens is 230 g/mol. The van der Waals surface area contributed by atoms with Crippen LogP contribution in [0.25, 0.3) is 11.0 Å². The smallest absolute Gasteiger partial charge is 0.240 e. The van der Waals surface area contributed by atoms with Crippen LogP contribution in [0.1, 0.15) is 11.3 Å². The largest absolute Gasteiger partial charge is 0.308 e. The summed E-state index contributed by atoms with van der Waals surface area (Å²) in [7, 11) is 0. The van der Waals surface area contributed by atoms with Gasteiger partial charge in [-0.2, -0.15) is 10.2 Å². The Bertz CT molecular complexity index is 550. The molecule has 0 aromatic carbocycles. The van der Waals surface area contributed by atoms with Crippen molar-refractivity contribution in [3.8, 4) is 0 Å². The molecule has 0 fully saturated rings. The average Bonchev–Trinajstić information content (AvgIpc) is 2.67. The topological polar surface area (TPSA) is 83.6 Å². The number of alkyl halides is 1. The second kappa shape index (κ2) is 4.05. The van der Waals surface area contributed by atoms with E-state index in [0.29, 0.717) is 11.5 Å². The van der Waals surface area contributed by atoms with E-state index in [4.69, 9.17) is 11.6 Å². The molecule has 0 aliphatic carbocycles. The van der Waals surface area contributed by atoms with Crippen LogP contribution in [0.3, 0.4) is 0 Å². The highest BCUT2D eigenvalue weighted by Gasteiger charge is 2.13. The van der Waals surface area contributed by atoms with Gasteiger partial charge in [0.15, 0.2) is 11.5 Å². The van der Waals surface area contributed by atoms with Gasteiger partial charge in [-0.05, 0) is 19.4 Å². The summed E-state index contributed by atoms with van der Waals surface area (Å²) < 4.78 is 0. The summed E-state index contributed by atoms with van der Waals surface area (Å²) >= 11 is 5.41. The molecule has 84 valence electrons. The minimum Gasteiger partial charge on any atom is -0.308 e. The van der Waals surface area contributed by atoms with E-state index in [9.17, 15) is 4.79 Å². The highest BCUT2D eigenvalue weighted by atomic mass is 35.5. The van der Waals surface area contributed by atoms with E-state index in [1.807, 2.05) is 13.8 Å². The number of anilines is 1. The summed E-state index contributed by atoms with van der Waals surface area (Å²) in [6, 6.07) is 0. The number of hydrogen-bond acceptors (Lipinski definition) is 4. The quantitative estimate of drug-likeness (QED) is 0.770. The number of hydrogen-bond donors (Lipinski definition) is 2. The maximum atomic E-state index is 11.2. The van der Waals surface area contributed by atoms with Gasteiger partial charge in [0, 0.05) is 0 Å². The predicted octanol–water partition coefficient (Wildman–Crippen LogP) is 1.15. The Morgan fingerprint density at radius 1 is 1.44 bits per heavy atom. The summed E-state index contributed by atoms with van der Waals surface area (Å²) in [5, 5.41) is 17.9.